The highest BCUT2D eigenvalue weighted by Gasteiger charge is 2.16. The van der Waals surface area contributed by atoms with E-state index in [4.69, 9.17) is 9.47 Å². The fraction of sp³-hybridized carbons (Fsp3) is 0.571. The molecule has 24 heavy (non-hydrogen) atoms. The van der Waals surface area contributed by atoms with Crippen LogP contribution in [0.4, 0.5) is 0 Å². The Morgan fingerprint density at radius 2 is 1.92 bits per heavy atom. The summed E-state index contributed by atoms with van der Waals surface area (Å²) in [4.78, 5) is 11.4. The maximum atomic E-state index is 11.4. The molecule has 0 aliphatic heterocycles. The molecule has 0 saturated heterocycles. The molecule has 0 saturated carbocycles. The van der Waals surface area contributed by atoms with Crippen LogP contribution in [0, 0.1) is 0 Å². The third-order valence-electron chi connectivity index (χ3n) is 3.90. The van der Waals surface area contributed by atoms with Crippen molar-refractivity contribution in [3.8, 4) is 11.5 Å². The molecule has 0 N–H and O–H groups in total. The third kappa shape index (κ3) is 7.20. The fourth-order valence-electron chi connectivity index (χ4n) is 2.63. The molecular formula is C21H32O3. The summed E-state index contributed by atoms with van der Waals surface area (Å²) in [5.74, 6) is 1.24. The van der Waals surface area contributed by atoms with Crippen LogP contribution in [-0.2, 0) is 0 Å². The van der Waals surface area contributed by atoms with Gasteiger partial charge in [0.25, 0.3) is 0 Å². The average Bonchev–Trinajstić information content (AvgIpc) is 2.60. The smallest absolute Gasteiger partial charge is 0.172 e. The second-order valence-corrected chi connectivity index (χ2v) is 5.93. The summed E-state index contributed by atoms with van der Waals surface area (Å²) in [7, 11) is 0. The Kier molecular flexibility index (Phi) is 10.7. The van der Waals surface area contributed by atoms with Crippen LogP contribution in [0.5, 0.6) is 11.5 Å². The first kappa shape index (κ1) is 20.3. The van der Waals surface area contributed by atoms with Crippen molar-refractivity contribution in [1.29, 1.82) is 0 Å². The molecule has 0 aromatic heterocycles. The quantitative estimate of drug-likeness (QED) is 0.253. The molecule has 1 aromatic carbocycles. The third-order valence-corrected chi connectivity index (χ3v) is 3.90. The highest BCUT2D eigenvalue weighted by Crippen LogP contribution is 2.32. The minimum Gasteiger partial charge on any atom is -0.490 e. The first-order chi connectivity index (χ1) is 11.8. The van der Waals surface area contributed by atoms with Crippen molar-refractivity contribution in [2.24, 2.45) is 0 Å². The number of ether oxygens (including phenoxy) is 2. The van der Waals surface area contributed by atoms with Crippen LogP contribution in [-0.4, -0.2) is 19.0 Å². The first-order valence-corrected chi connectivity index (χ1v) is 9.29. The van der Waals surface area contributed by atoms with Gasteiger partial charge in [-0.05, 0) is 38.3 Å². The Bertz CT molecular complexity index is 494. The summed E-state index contributed by atoms with van der Waals surface area (Å²) >= 11 is 0. The lowest BCUT2D eigenvalue weighted by Crippen LogP contribution is -2.17. The Morgan fingerprint density at radius 1 is 1.08 bits per heavy atom. The van der Waals surface area contributed by atoms with E-state index < -0.39 is 0 Å². The molecule has 1 aromatic rings. The summed E-state index contributed by atoms with van der Waals surface area (Å²) in [6.07, 6.45) is 13.0. The minimum absolute atomic E-state index is 0.0740. The van der Waals surface area contributed by atoms with E-state index in [9.17, 15) is 4.79 Å². The number of allylic oxidation sites excluding steroid dienone is 1. The normalized spacial score (nSPS) is 12.3. The van der Waals surface area contributed by atoms with E-state index in [1.807, 2.05) is 19.1 Å². The van der Waals surface area contributed by atoms with E-state index in [0.29, 0.717) is 23.7 Å². The van der Waals surface area contributed by atoms with Gasteiger partial charge in [-0.3, -0.25) is 4.79 Å². The zero-order chi connectivity index (χ0) is 17.6. The van der Waals surface area contributed by atoms with Gasteiger partial charge in [0.2, 0.25) is 0 Å². The molecular weight excluding hydrogens is 300 g/mol. The van der Waals surface area contributed by atoms with Crippen molar-refractivity contribution in [3.05, 3.63) is 35.9 Å². The topological polar surface area (TPSA) is 35.5 Å². The van der Waals surface area contributed by atoms with Crippen LogP contribution in [0.2, 0.25) is 0 Å². The molecule has 3 heteroatoms. The van der Waals surface area contributed by atoms with Gasteiger partial charge in [0.15, 0.2) is 17.8 Å². The molecule has 0 fully saturated rings. The summed E-state index contributed by atoms with van der Waals surface area (Å²) in [6, 6.07) is 5.47. The summed E-state index contributed by atoms with van der Waals surface area (Å²) in [5.41, 5.74) is 0.555. The van der Waals surface area contributed by atoms with Crippen molar-refractivity contribution in [2.75, 3.05) is 6.61 Å². The van der Waals surface area contributed by atoms with Gasteiger partial charge in [0.05, 0.1) is 12.2 Å². The van der Waals surface area contributed by atoms with E-state index in [2.05, 4.69) is 26.0 Å². The van der Waals surface area contributed by atoms with Crippen LogP contribution < -0.4 is 9.47 Å². The van der Waals surface area contributed by atoms with Crippen molar-refractivity contribution >= 4 is 6.29 Å². The maximum absolute atomic E-state index is 11.4. The predicted molar refractivity (Wildman–Crippen MR) is 100 cm³/mol. The monoisotopic (exact) mass is 332 g/mol. The van der Waals surface area contributed by atoms with Gasteiger partial charge >= 0.3 is 0 Å². The molecule has 0 aliphatic carbocycles. The second-order valence-electron chi connectivity index (χ2n) is 5.93. The van der Waals surface area contributed by atoms with Crippen LogP contribution in [0.3, 0.4) is 0 Å². The Morgan fingerprint density at radius 3 is 2.58 bits per heavy atom. The van der Waals surface area contributed by atoms with Gasteiger partial charge < -0.3 is 9.47 Å². The SMILES string of the molecule is CCC=CCC(CCCCCC)Oc1c(C=O)cccc1OCC. The summed E-state index contributed by atoms with van der Waals surface area (Å²) in [6.45, 7) is 6.83. The van der Waals surface area contributed by atoms with Crippen LogP contribution in [0.15, 0.2) is 30.4 Å². The molecule has 0 aliphatic rings. The lowest BCUT2D eigenvalue weighted by molar-refractivity contribution is 0.111. The fourth-order valence-corrected chi connectivity index (χ4v) is 2.63. The van der Waals surface area contributed by atoms with Gasteiger partial charge in [0, 0.05) is 6.42 Å². The van der Waals surface area contributed by atoms with Gasteiger partial charge in [-0.2, -0.15) is 0 Å². The maximum Gasteiger partial charge on any atom is 0.172 e. The number of para-hydroxylation sites is 1. The van der Waals surface area contributed by atoms with Crippen LogP contribution in [0.1, 0.15) is 76.1 Å². The lowest BCUT2D eigenvalue weighted by atomic mass is 10.1. The highest BCUT2D eigenvalue weighted by molar-refractivity contribution is 5.81. The molecule has 1 unspecified atom stereocenters. The molecule has 0 heterocycles. The molecule has 1 rings (SSSR count). The Hall–Kier alpha value is -1.77. The molecule has 0 amide bonds. The average molecular weight is 332 g/mol. The molecule has 0 bridgehead atoms. The number of carbonyl (C=O) groups excluding carboxylic acids is 1. The number of hydrogen-bond donors (Lipinski definition) is 0. The first-order valence-electron chi connectivity index (χ1n) is 9.29. The van der Waals surface area contributed by atoms with Crippen LogP contribution in [0.25, 0.3) is 0 Å². The molecule has 1 atom stereocenters. The number of aldehydes is 1. The molecule has 0 radical (unpaired) electrons. The lowest BCUT2D eigenvalue weighted by Gasteiger charge is -2.21. The minimum atomic E-state index is 0.0740. The van der Waals surface area contributed by atoms with Crippen molar-refractivity contribution < 1.29 is 14.3 Å². The van der Waals surface area contributed by atoms with Gasteiger partial charge in [-0.15, -0.1) is 0 Å². The predicted octanol–water partition coefficient (Wildman–Crippen LogP) is 5.97. The largest absolute Gasteiger partial charge is 0.490 e. The van der Waals surface area contributed by atoms with Gasteiger partial charge in [0.1, 0.15) is 6.10 Å². The molecule has 134 valence electrons. The van der Waals surface area contributed by atoms with E-state index in [-0.39, 0.29) is 6.10 Å². The standard InChI is InChI=1S/C21H32O3/c1-4-7-9-11-15-19(14-10-8-5-2)24-21-18(17-22)13-12-16-20(21)23-6-3/h8,10,12-13,16-17,19H,4-7,9,11,14-15H2,1-3H3. The molecule has 3 nitrogen and oxygen atoms in total. The summed E-state index contributed by atoms with van der Waals surface area (Å²) in [5, 5.41) is 0. The zero-order valence-electron chi connectivity index (χ0n) is 15.4. The van der Waals surface area contributed by atoms with E-state index in [0.717, 1.165) is 32.0 Å². The van der Waals surface area contributed by atoms with Gasteiger partial charge in [-0.25, -0.2) is 0 Å². The van der Waals surface area contributed by atoms with Crippen molar-refractivity contribution in [2.45, 2.75) is 71.8 Å². The van der Waals surface area contributed by atoms with E-state index in [1.54, 1.807) is 6.07 Å². The number of carbonyl (C=O) groups is 1. The Balaban J connectivity index is 2.86. The zero-order valence-corrected chi connectivity index (χ0v) is 15.4. The van der Waals surface area contributed by atoms with E-state index in [1.165, 1.54) is 19.3 Å². The van der Waals surface area contributed by atoms with Crippen molar-refractivity contribution in [3.63, 3.8) is 0 Å². The number of hydrogen-bond acceptors (Lipinski definition) is 3. The number of benzene rings is 1. The van der Waals surface area contributed by atoms with Gasteiger partial charge in [-0.1, -0.05) is 51.3 Å². The van der Waals surface area contributed by atoms with E-state index >= 15 is 0 Å². The second kappa shape index (κ2) is 12.6. The highest BCUT2D eigenvalue weighted by atomic mass is 16.5. The number of unbranched alkanes of at least 4 members (excludes halogenated alkanes) is 3. The molecule has 0 spiro atoms. The Labute approximate surface area is 147 Å². The summed E-state index contributed by atoms with van der Waals surface area (Å²) < 4.78 is 11.9. The number of rotatable bonds is 13. The van der Waals surface area contributed by atoms with Crippen molar-refractivity contribution in [1.82, 2.24) is 0 Å². The van der Waals surface area contributed by atoms with Crippen LogP contribution >= 0.6 is 0 Å².